The average Bonchev–Trinajstić information content (AvgIpc) is 3.26. The van der Waals surface area contributed by atoms with Gasteiger partial charge in [-0.25, -0.2) is 9.67 Å². The molecule has 0 aromatic carbocycles. The molecular formula is C18H18BrN5O2S. The maximum absolute atomic E-state index is 12.8. The van der Waals surface area contributed by atoms with Crippen LogP contribution in [0.15, 0.2) is 28.2 Å². The number of amides is 2. The Bertz CT molecular complexity index is 1040. The highest BCUT2D eigenvalue weighted by Crippen LogP contribution is 2.40. The molecule has 2 N–H and O–H groups in total. The Kier molecular flexibility index (Phi) is 4.73. The van der Waals surface area contributed by atoms with Crippen LogP contribution in [0.25, 0.3) is 11.0 Å². The molecule has 4 rings (SSSR count). The van der Waals surface area contributed by atoms with Crippen molar-refractivity contribution in [2.45, 2.75) is 38.6 Å². The van der Waals surface area contributed by atoms with Crippen LogP contribution in [0.5, 0.6) is 0 Å². The van der Waals surface area contributed by atoms with E-state index in [9.17, 15) is 9.59 Å². The Morgan fingerprint density at radius 2 is 2.00 bits per heavy atom. The summed E-state index contributed by atoms with van der Waals surface area (Å²) in [6.45, 7) is 4.05. The summed E-state index contributed by atoms with van der Waals surface area (Å²) < 4.78 is 2.67. The monoisotopic (exact) mass is 447 g/mol. The molecule has 1 saturated carbocycles. The Balaban J connectivity index is 1.61. The molecule has 3 aromatic rings. The van der Waals surface area contributed by atoms with Gasteiger partial charge in [-0.15, -0.1) is 11.3 Å². The molecule has 9 heteroatoms. The minimum atomic E-state index is -0.378. The summed E-state index contributed by atoms with van der Waals surface area (Å²) in [5.74, 6) is -0.337. The summed E-state index contributed by atoms with van der Waals surface area (Å²) in [7, 11) is 0. The van der Waals surface area contributed by atoms with Gasteiger partial charge in [0.1, 0.15) is 0 Å². The molecule has 0 radical (unpaired) electrons. The topological polar surface area (TPSA) is 88.9 Å². The van der Waals surface area contributed by atoms with Crippen molar-refractivity contribution in [1.29, 1.82) is 0 Å². The first-order chi connectivity index (χ1) is 12.9. The van der Waals surface area contributed by atoms with Crippen LogP contribution < -0.4 is 10.9 Å². The van der Waals surface area contributed by atoms with Crippen LogP contribution in [0.1, 0.15) is 64.4 Å². The molecule has 3 aromatic heterocycles. The molecule has 1 fully saturated rings. The summed E-state index contributed by atoms with van der Waals surface area (Å²) >= 11 is 4.62. The van der Waals surface area contributed by atoms with Crippen LogP contribution >= 0.6 is 27.3 Å². The third-order valence-electron chi connectivity index (χ3n) is 4.40. The third-order valence-corrected chi connectivity index (χ3v) is 6.02. The van der Waals surface area contributed by atoms with Crippen LogP contribution in [0.3, 0.4) is 0 Å². The fourth-order valence-corrected chi connectivity index (χ4v) is 4.15. The van der Waals surface area contributed by atoms with E-state index in [2.05, 4.69) is 31.9 Å². The Morgan fingerprint density at radius 1 is 1.26 bits per heavy atom. The highest BCUT2D eigenvalue weighted by Gasteiger charge is 2.28. The maximum atomic E-state index is 12.8. The molecule has 0 saturated heterocycles. The van der Waals surface area contributed by atoms with Gasteiger partial charge >= 0.3 is 0 Å². The van der Waals surface area contributed by atoms with Crippen molar-refractivity contribution < 1.29 is 9.59 Å². The number of hydrogen-bond acceptors (Lipinski definition) is 5. The summed E-state index contributed by atoms with van der Waals surface area (Å²) in [6.07, 6.45) is 3.82. The predicted molar refractivity (Wildman–Crippen MR) is 107 cm³/mol. The first-order valence-corrected chi connectivity index (χ1v) is 10.3. The molecule has 1 aliphatic rings. The van der Waals surface area contributed by atoms with E-state index in [1.54, 1.807) is 18.3 Å². The zero-order valence-electron chi connectivity index (χ0n) is 14.8. The van der Waals surface area contributed by atoms with E-state index in [0.29, 0.717) is 27.4 Å². The normalized spacial score (nSPS) is 13.9. The Morgan fingerprint density at radius 3 is 2.63 bits per heavy atom. The minimum absolute atomic E-state index is 0.136. The minimum Gasteiger partial charge on any atom is -0.267 e. The molecule has 0 unspecified atom stereocenters. The zero-order valence-corrected chi connectivity index (χ0v) is 17.2. The van der Waals surface area contributed by atoms with Gasteiger partial charge in [0.15, 0.2) is 5.65 Å². The Labute approximate surface area is 168 Å². The highest BCUT2D eigenvalue weighted by atomic mass is 79.9. The van der Waals surface area contributed by atoms with Gasteiger partial charge in [0.05, 0.1) is 25.8 Å². The molecule has 27 heavy (non-hydrogen) atoms. The van der Waals surface area contributed by atoms with E-state index in [0.717, 1.165) is 22.3 Å². The summed E-state index contributed by atoms with van der Waals surface area (Å²) in [5, 5.41) is 5.07. The standard InChI is InChI=1S/C18H18BrN5O2S/c1-9(2)24-16-12(8-20-24)11(7-13(21-16)10-3-4-10)17(25)22-23-18(26)14-5-6-15(19)27-14/h5-10H,3-4H2,1-2H3,(H,22,25)(H,23,26). The third kappa shape index (κ3) is 3.61. The number of carbonyl (C=O) groups excluding carboxylic acids is 2. The second kappa shape index (κ2) is 7.05. The second-order valence-electron chi connectivity index (χ2n) is 6.80. The molecule has 0 aliphatic heterocycles. The number of halogens is 1. The van der Waals surface area contributed by atoms with Crippen LogP contribution in [0.4, 0.5) is 0 Å². The molecule has 2 amide bonds. The number of hydrazine groups is 1. The Hall–Kier alpha value is -2.26. The van der Waals surface area contributed by atoms with Crippen molar-refractivity contribution in [3.63, 3.8) is 0 Å². The van der Waals surface area contributed by atoms with Gasteiger partial charge in [0, 0.05) is 17.7 Å². The number of nitrogens with one attached hydrogen (secondary N) is 2. The number of carbonyl (C=O) groups is 2. The number of pyridine rings is 1. The lowest BCUT2D eigenvalue weighted by molar-refractivity contribution is 0.0849. The quantitative estimate of drug-likeness (QED) is 0.595. The predicted octanol–water partition coefficient (Wildman–Crippen LogP) is 3.79. The fourth-order valence-electron chi connectivity index (χ4n) is 2.87. The second-order valence-corrected chi connectivity index (χ2v) is 9.26. The van der Waals surface area contributed by atoms with Gasteiger partial charge < -0.3 is 0 Å². The van der Waals surface area contributed by atoms with E-state index in [-0.39, 0.29) is 17.9 Å². The summed E-state index contributed by atoms with van der Waals surface area (Å²) in [5.41, 5.74) is 7.07. The molecule has 0 bridgehead atoms. The molecule has 140 valence electrons. The highest BCUT2D eigenvalue weighted by molar-refractivity contribution is 9.11. The molecule has 7 nitrogen and oxygen atoms in total. The van der Waals surface area contributed by atoms with E-state index in [1.807, 2.05) is 24.6 Å². The van der Waals surface area contributed by atoms with Crippen molar-refractivity contribution in [1.82, 2.24) is 25.6 Å². The van der Waals surface area contributed by atoms with Crippen LogP contribution in [0, 0.1) is 0 Å². The lowest BCUT2D eigenvalue weighted by Crippen LogP contribution is -2.41. The van der Waals surface area contributed by atoms with Crippen molar-refractivity contribution in [3.8, 4) is 0 Å². The van der Waals surface area contributed by atoms with Gasteiger partial charge in [-0.05, 0) is 60.8 Å². The van der Waals surface area contributed by atoms with Gasteiger partial charge in [-0.1, -0.05) is 0 Å². The van der Waals surface area contributed by atoms with E-state index in [4.69, 9.17) is 4.98 Å². The molecule has 0 spiro atoms. The van der Waals surface area contributed by atoms with E-state index < -0.39 is 0 Å². The van der Waals surface area contributed by atoms with Crippen LogP contribution in [-0.4, -0.2) is 26.6 Å². The van der Waals surface area contributed by atoms with Crippen molar-refractivity contribution in [2.24, 2.45) is 0 Å². The number of rotatable bonds is 4. The van der Waals surface area contributed by atoms with Gasteiger partial charge in [-0.2, -0.15) is 5.10 Å². The number of thiophene rings is 1. The summed E-state index contributed by atoms with van der Waals surface area (Å²) in [6, 6.07) is 5.43. The fraction of sp³-hybridized carbons (Fsp3) is 0.333. The number of nitrogens with zero attached hydrogens (tertiary/aromatic N) is 3. The smallest absolute Gasteiger partial charge is 0.267 e. The average molecular weight is 448 g/mol. The molecule has 0 atom stereocenters. The summed E-state index contributed by atoms with van der Waals surface area (Å²) in [4.78, 5) is 30.2. The van der Waals surface area contributed by atoms with Crippen LogP contribution in [-0.2, 0) is 0 Å². The lowest BCUT2D eigenvalue weighted by Gasteiger charge is -2.11. The first kappa shape index (κ1) is 18.1. The van der Waals surface area contributed by atoms with Crippen LogP contribution in [0.2, 0.25) is 0 Å². The molecule has 1 aliphatic carbocycles. The number of fused-ring (bicyclic) bond motifs is 1. The van der Waals surface area contributed by atoms with Gasteiger partial charge in [-0.3, -0.25) is 20.4 Å². The number of aromatic nitrogens is 3. The largest absolute Gasteiger partial charge is 0.279 e. The maximum Gasteiger partial charge on any atom is 0.279 e. The number of hydrogen-bond donors (Lipinski definition) is 2. The SMILES string of the molecule is CC(C)n1ncc2c(C(=O)NNC(=O)c3ccc(Br)s3)cc(C3CC3)nc21. The van der Waals surface area contributed by atoms with E-state index in [1.165, 1.54) is 11.3 Å². The van der Waals surface area contributed by atoms with Crippen molar-refractivity contribution in [3.05, 3.63) is 44.3 Å². The van der Waals surface area contributed by atoms with E-state index >= 15 is 0 Å². The lowest BCUT2D eigenvalue weighted by atomic mass is 10.1. The van der Waals surface area contributed by atoms with Crippen molar-refractivity contribution >= 4 is 50.1 Å². The van der Waals surface area contributed by atoms with Gasteiger partial charge in [0.2, 0.25) is 0 Å². The first-order valence-electron chi connectivity index (χ1n) is 8.68. The van der Waals surface area contributed by atoms with Gasteiger partial charge in [0.25, 0.3) is 11.8 Å². The van der Waals surface area contributed by atoms with Crippen molar-refractivity contribution in [2.75, 3.05) is 0 Å². The zero-order chi connectivity index (χ0) is 19.1. The molecular weight excluding hydrogens is 430 g/mol. The molecule has 3 heterocycles.